The van der Waals surface area contributed by atoms with Gasteiger partial charge in [0.25, 0.3) is 0 Å². The molecule has 0 fully saturated rings. The van der Waals surface area contributed by atoms with E-state index in [2.05, 4.69) is 0 Å². The largest absolute Gasteiger partial charge is 2.00 e. The molecule has 1 aromatic rings. The molecule has 0 aliphatic carbocycles. The molecule has 0 unspecified atom stereocenters. The van der Waals surface area contributed by atoms with Gasteiger partial charge in [-0.15, -0.1) is 0 Å². The van der Waals surface area contributed by atoms with Gasteiger partial charge in [0.2, 0.25) is 0 Å². The van der Waals surface area contributed by atoms with Crippen molar-refractivity contribution in [1.82, 2.24) is 0 Å². The van der Waals surface area contributed by atoms with Crippen molar-refractivity contribution in [3.63, 3.8) is 0 Å². The van der Waals surface area contributed by atoms with Crippen molar-refractivity contribution < 1.29 is 43.8 Å². The summed E-state index contributed by atoms with van der Waals surface area (Å²) in [4.78, 5) is 0. The summed E-state index contributed by atoms with van der Waals surface area (Å²) in [6.07, 6.45) is 0. The van der Waals surface area contributed by atoms with Crippen molar-refractivity contribution in [3.05, 3.63) is 24.3 Å². The van der Waals surface area contributed by atoms with Crippen LogP contribution in [0.15, 0.2) is 24.3 Å². The number of ether oxygens (including phenoxy) is 1. The van der Waals surface area contributed by atoms with Gasteiger partial charge in [0.05, 0.1) is 7.11 Å². The van der Waals surface area contributed by atoms with Crippen LogP contribution in [0.2, 0.25) is 0 Å². The first-order valence-electron chi connectivity index (χ1n) is 2.66. The SMILES string of the molecule is COc1ccc(O)cc1.[Br-].[Br-].[Mg+2]. The minimum absolute atomic E-state index is 0. The van der Waals surface area contributed by atoms with Gasteiger partial charge < -0.3 is 43.8 Å². The van der Waals surface area contributed by atoms with E-state index in [1.807, 2.05) is 0 Å². The molecule has 0 bridgehead atoms. The van der Waals surface area contributed by atoms with Crippen molar-refractivity contribution in [2.24, 2.45) is 0 Å². The summed E-state index contributed by atoms with van der Waals surface area (Å²) in [7, 11) is 1.59. The van der Waals surface area contributed by atoms with E-state index in [0.717, 1.165) is 5.75 Å². The second-order valence-electron chi connectivity index (χ2n) is 1.70. The topological polar surface area (TPSA) is 29.5 Å². The zero-order chi connectivity index (χ0) is 6.69. The summed E-state index contributed by atoms with van der Waals surface area (Å²) in [5.41, 5.74) is 0. The van der Waals surface area contributed by atoms with Crippen LogP contribution < -0.4 is 38.7 Å². The average Bonchev–Trinajstić information content (AvgIpc) is 1.90. The Labute approximate surface area is 109 Å². The minimum Gasteiger partial charge on any atom is -1.00 e. The average molecular weight is 308 g/mol. The molecule has 0 amide bonds. The molecule has 2 nitrogen and oxygen atoms in total. The Balaban J connectivity index is -0.000000270. The Morgan fingerprint density at radius 3 is 1.83 bits per heavy atom. The van der Waals surface area contributed by atoms with Gasteiger partial charge in [-0.25, -0.2) is 0 Å². The Hall–Kier alpha value is 0.546. The quantitative estimate of drug-likeness (QED) is 0.527. The number of halogens is 2. The molecule has 0 aliphatic rings. The normalized spacial score (nSPS) is 6.75. The van der Waals surface area contributed by atoms with Gasteiger partial charge in [-0.3, -0.25) is 0 Å². The summed E-state index contributed by atoms with van der Waals surface area (Å²) in [6.45, 7) is 0. The van der Waals surface area contributed by atoms with Gasteiger partial charge in [0.15, 0.2) is 0 Å². The Morgan fingerprint density at radius 1 is 1.08 bits per heavy atom. The van der Waals surface area contributed by atoms with E-state index in [4.69, 9.17) is 9.84 Å². The van der Waals surface area contributed by atoms with E-state index in [0.29, 0.717) is 0 Å². The molecule has 1 aromatic carbocycles. The number of benzene rings is 1. The number of methoxy groups -OCH3 is 1. The molecule has 1 rings (SSSR count). The summed E-state index contributed by atoms with van der Waals surface area (Å²) >= 11 is 0. The van der Waals surface area contributed by atoms with E-state index in [1.54, 1.807) is 31.4 Å². The molecule has 0 radical (unpaired) electrons. The molecular formula is C7H8Br2MgO2. The van der Waals surface area contributed by atoms with Crippen molar-refractivity contribution in [2.75, 3.05) is 7.11 Å². The Morgan fingerprint density at radius 2 is 1.50 bits per heavy atom. The Bertz CT molecular complexity index is 191. The van der Waals surface area contributed by atoms with Crippen LogP contribution in [0, 0.1) is 0 Å². The molecular weight excluding hydrogens is 300 g/mol. The smallest absolute Gasteiger partial charge is 1.00 e. The van der Waals surface area contributed by atoms with E-state index in [9.17, 15) is 0 Å². The molecule has 0 saturated carbocycles. The van der Waals surface area contributed by atoms with Crippen LogP contribution in [0.5, 0.6) is 11.5 Å². The maximum atomic E-state index is 8.80. The van der Waals surface area contributed by atoms with Crippen LogP contribution in [0.4, 0.5) is 0 Å². The van der Waals surface area contributed by atoms with Gasteiger partial charge in [0.1, 0.15) is 11.5 Å². The molecule has 0 saturated heterocycles. The standard InChI is InChI=1S/C7H8O2.2BrH.Mg/c1-9-7-4-2-6(8)3-5-7;;;/h2-5,8H,1H3;2*1H;/q;;;+2/p-2. The third kappa shape index (κ3) is 6.11. The van der Waals surface area contributed by atoms with Crippen LogP contribution in [0.3, 0.4) is 0 Å². The number of phenolic OH excluding ortho intramolecular Hbond substituents is 1. The van der Waals surface area contributed by atoms with Crippen LogP contribution in [0.1, 0.15) is 0 Å². The van der Waals surface area contributed by atoms with E-state index >= 15 is 0 Å². The third-order valence-electron chi connectivity index (χ3n) is 1.07. The second-order valence-corrected chi connectivity index (χ2v) is 1.70. The molecule has 5 heteroatoms. The molecule has 0 atom stereocenters. The fourth-order valence-corrected chi connectivity index (χ4v) is 0.582. The number of hydrogen-bond donors (Lipinski definition) is 1. The van der Waals surface area contributed by atoms with E-state index in [-0.39, 0.29) is 62.8 Å². The van der Waals surface area contributed by atoms with Crippen molar-refractivity contribution in [1.29, 1.82) is 0 Å². The van der Waals surface area contributed by atoms with Crippen LogP contribution in [-0.4, -0.2) is 35.3 Å². The summed E-state index contributed by atoms with van der Waals surface area (Å²) in [6, 6.07) is 6.57. The second kappa shape index (κ2) is 9.63. The van der Waals surface area contributed by atoms with Gasteiger partial charge in [-0.2, -0.15) is 0 Å². The van der Waals surface area contributed by atoms with Gasteiger partial charge in [-0.05, 0) is 24.3 Å². The fourth-order valence-electron chi connectivity index (χ4n) is 0.582. The zero-order valence-corrected chi connectivity index (χ0v) is 11.2. The summed E-state index contributed by atoms with van der Waals surface area (Å²) in [5, 5.41) is 8.80. The molecule has 0 aliphatic heterocycles. The number of hydrogen-bond acceptors (Lipinski definition) is 2. The number of aromatic hydroxyl groups is 1. The van der Waals surface area contributed by atoms with Crippen molar-refractivity contribution >= 4 is 23.1 Å². The molecule has 12 heavy (non-hydrogen) atoms. The molecule has 0 aromatic heterocycles. The maximum absolute atomic E-state index is 8.80. The van der Waals surface area contributed by atoms with Crippen LogP contribution in [0.25, 0.3) is 0 Å². The van der Waals surface area contributed by atoms with E-state index < -0.39 is 0 Å². The first-order chi connectivity index (χ1) is 4.33. The monoisotopic (exact) mass is 306 g/mol. The number of rotatable bonds is 1. The van der Waals surface area contributed by atoms with E-state index in [1.165, 1.54) is 0 Å². The predicted octanol–water partition coefficient (Wildman–Crippen LogP) is -4.97. The summed E-state index contributed by atoms with van der Waals surface area (Å²) < 4.78 is 4.86. The van der Waals surface area contributed by atoms with Gasteiger partial charge in [-0.1, -0.05) is 0 Å². The van der Waals surface area contributed by atoms with Gasteiger partial charge >= 0.3 is 23.1 Å². The molecule has 64 valence electrons. The first kappa shape index (κ1) is 18.4. The van der Waals surface area contributed by atoms with Crippen molar-refractivity contribution in [2.45, 2.75) is 0 Å². The first-order valence-corrected chi connectivity index (χ1v) is 2.66. The fraction of sp³-hybridized carbons (Fsp3) is 0.143. The van der Waals surface area contributed by atoms with Crippen molar-refractivity contribution in [3.8, 4) is 11.5 Å². The predicted molar refractivity (Wildman–Crippen MR) is 40.4 cm³/mol. The maximum Gasteiger partial charge on any atom is 2.00 e. The minimum atomic E-state index is 0. The Kier molecular flexibility index (Phi) is 14.7. The molecule has 1 N–H and O–H groups in total. The number of phenols is 1. The summed E-state index contributed by atoms with van der Waals surface area (Å²) in [5.74, 6) is 1.02. The zero-order valence-electron chi connectivity index (χ0n) is 6.63. The van der Waals surface area contributed by atoms with Crippen LogP contribution in [-0.2, 0) is 0 Å². The van der Waals surface area contributed by atoms with Gasteiger partial charge in [0, 0.05) is 0 Å². The molecule has 0 spiro atoms. The molecule has 0 heterocycles. The van der Waals surface area contributed by atoms with Crippen LogP contribution >= 0.6 is 0 Å². The third-order valence-corrected chi connectivity index (χ3v) is 1.07.